The molecule has 0 unspecified atom stereocenters. The lowest BCUT2D eigenvalue weighted by Crippen LogP contribution is -2.34. The second kappa shape index (κ2) is 10.0. The van der Waals surface area contributed by atoms with E-state index < -0.39 is 0 Å². The first kappa shape index (κ1) is 22.8. The zero-order valence-electron chi connectivity index (χ0n) is 18.5. The molecule has 0 radical (unpaired) electrons. The normalized spacial score (nSPS) is 21.0. The Labute approximate surface area is 193 Å². The molecule has 1 saturated heterocycles. The van der Waals surface area contributed by atoms with Gasteiger partial charge in [0.25, 0.3) is 0 Å². The lowest BCUT2D eigenvalue weighted by atomic mass is 10.1. The van der Waals surface area contributed by atoms with Gasteiger partial charge in [-0.1, -0.05) is 23.7 Å². The Hall–Kier alpha value is -2.42. The molecule has 1 aliphatic heterocycles. The molecule has 2 atom stereocenters. The van der Waals surface area contributed by atoms with Crippen LogP contribution < -0.4 is 5.32 Å². The van der Waals surface area contributed by atoms with Crippen LogP contribution in [0.1, 0.15) is 30.9 Å². The van der Waals surface area contributed by atoms with Gasteiger partial charge in [-0.15, -0.1) is 0 Å². The molecule has 1 N–H and O–H groups in total. The molecule has 0 spiro atoms. The number of aromatic nitrogens is 2. The topological polar surface area (TPSA) is 79.7 Å². The molecule has 8 nitrogen and oxygen atoms in total. The summed E-state index contributed by atoms with van der Waals surface area (Å²) in [5.74, 6) is 0.184. The zero-order chi connectivity index (χ0) is 22.7. The van der Waals surface area contributed by atoms with Gasteiger partial charge >= 0.3 is 0 Å². The number of hydrogen-bond acceptors (Lipinski definition) is 5. The van der Waals surface area contributed by atoms with E-state index in [2.05, 4.69) is 21.4 Å². The lowest BCUT2D eigenvalue weighted by molar-refractivity contribution is -0.134. The largest absolute Gasteiger partial charge is 0.370 e. The van der Waals surface area contributed by atoms with Crippen LogP contribution in [0.2, 0.25) is 5.02 Å². The maximum Gasteiger partial charge on any atom is 0.248 e. The van der Waals surface area contributed by atoms with E-state index in [0.29, 0.717) is 11.6 Å². The first-order valence-electron chi connectivity index (χ1n) is 11.0. The number of amides is 2. The van der Waals surface area contributed by atoms with Crippen molar-refractivity contribution in [2.24, 2.45) is 5.92 Å². The first-order valence-corrected chi connectivity index (χ1v) is 11.4. The summed E-state index contributed by atoms with van der Waals surface area (Å²) in [5, 5.41) is 8.18. The van der Waals surface area contributed by atoms with Crippen molar-refractivity contribution in [3.05, 3.63) is 47.2 Å². The van der Waals surface area contributed by atoms with E-state index >= 15 is 0 Å². The summed E-state index contributed by atoms with van der Waals surface area (Å²) in [6.07, 6.45) is 6.40. The van der Waals surface area contributed by atoms with Crippen LogP contribution in [0.3, 0.4) is 0 Å². The molecule has 1 aromatic carbocycles. The molecule has 9 heteroatoms. The minimum atomic E-state index is -0.0518. The van der Waals surface area contributed by atoms with E-state index in [1.54, 1.807) is 20.3 Å². The highest BCUT2D eigenvalue weighted by Crippen LogP contribution is 2.32. The highest BCUT2D eigenvalue weighted by molar-refractivity contribution is 6.30. The second-order valence-corrected chi connectivity index (χ2v) is 9.31. The van der Waals surface area contributed by atoms with Gasteiger partial charge < -0.3 is 15.0 Å². The zero-order valence-corrected chi connectivity index (χ0v) is 19.3. The summed E-state index contributed by atoms with van der Waals surface area (Å²) < 4.78 is 7.69. The summed E-state index contributed by atoms with van der Waals surface area (Å²) in [5.41, 5.74) is 1.87. The van der Waals surface area contributed by atoms with E-state index in [1.807, 2.05) is 29.1 Å². The molecule has 1 aliphatic carbocycles. The number of rotatable bonds is 9. The standard InChI is InChI=1S/C23H30ClN5O3/c1-27(2)22(30)15-32-14-21-9-20(13-28(21)11-16-4-3-5-18(24)8-16)29-12-19(10-25-29)26-23(31)17-6-7-17/h3-5,8,10,12,17,20-21H,6-7,9,11,13-15H2,1-2H3,(H,26,31)/t20-,21-/m0/s1. The van der Waals surface area contributed by atoms with Gasteiger partial charge in [-0.2, -0.15) is 5.10 Å². The van der Waals surface area contributed by atoms with Gasteiger partial charge in [0.1, 0.15) is 6.61 Å². The first-order chi connectivity index (χ1) is 15.4. The van der Waals surface area contributed by atoms with E-state index in [0.717, 1.165) is 43.6 Å². The van der Waals surface area contributed by atoms with E-state index in [9.17, 15) is 9.59 Å². The molecule has 2 amide bonds. The van der Waals surface area contributed by atoms with Crippen LogP contribution >= 0.6 is 11.6 Å². The maximum absolute atomic E-state index is 12.0. The molecular weight excluding hydrogens is 430 g/mol. The van der Waals surface area contributed by atoms with Crippen LogP contribution in [0, 0.1) is 5.92 Å². The Morgan fingerprint density at radius 3 is 2.84 bits per heavy atom. The summed E-state index contributed by atoms with van der Waals surface area (Å²) in [6, 6.07) is 8.15. The third-order valence-electron chi connectivity index (χ3n) is 6.01. The molecular formula is C23H30ClN5O3. The Balaban J connectivity index is 1.41. The van der Waals surface area contributed by atoms with Crippen molar-refractivity contribution < 1.29 is 14.3 Å². The molecule has 0 bridgehead atoms. The average Bonchev–Trinajstić information content (AvgIpc) is 3.39. The van der Waals surface area contributed by atoms with Crippen LogP contribution in [0.5, 0.6) is 0 Å². The monoisotopic (exact) mass is 459 g/mol. The summed E-state index contributed by atoms with van der Waals surface area (Å²) in [4.78, 5) is 27.8. The minimum absolute atomic E-state index is 0.0518. The van der Waals surface area contributed by atoms with Crippen molar-refractivity contribution in [2.45, 2.75) is 37.9 Å². The number of benzene rings is 1. The van der Waals surface area contributed by atoms with Crippen molar-refractivity contribution in [1.29, 1.82) is 0 Å². The van der Waals surface area contributed by atoms with Gasteiger partial charge in [0.2, 0.25) is 11.8 Å². The van der Waals surface area contributed by atoms with Crippen LogP contribution in [0.15, 0.2) is 36.7 Å². The fourth-order valence-electron chi connectivity index (χ4n) is 3.99. The number of nitrogens with zero attached hydrogens (tertiary/aromatic N) is 4. The number of likely N-dealkylation sites (tertiary alicyclic amines) is 1. The second-order valence-electron chi connectivity index (χ2n) is 8.88. The fraction of sp³-hybridized carbons (Fsp3) is 0.522. The molecule has 32 heavy (non-hydrogen) atoms. The van der Waals surface area contributed by atoms with Crippen LogP contribution in [-0.2, 0) is 20.9 Å². The number of carbonyl (C=O) groups excluding carboxylic acids is 2. The molecule has 1 saturated carbocycles. The van der Waals surface area contributed by atoms with Gasteiger partial charge in [0.15, 0.2) is 0 Å². The van der Waals surface area contributed by atoms with Crippen LogP contribution in [-0.4, -0.2) is 71.3 Å². The third kappa shape index (κ3) is 5.88. The molecule has 4 rings (SSSR count). The average molecular weight is 460 g/mol. The number of ether oxygens (including phenoxy) is 1. The third-order valence-corrected chi connectivity index (χ3v) is 6.24. The maximum atomic E-state index is 12.0. The Morgan fingerprint density at radius 1 is 1.31 bits per heavy atom. The van der Waals surface area contributed by atoms with Crippen molar-refractivity contribution in [1.82, 2.24) is 19.6 Å². The predicted molar refractivity (Wildman–Crippen MR) is 122 cm³/mol. The van der Waals surface area contributed by atoms with Crippen molar-refractivity contribution in [2.75, 3.05) is 39.2 Å². The van der Waals surface area contributed by atoms with E-state index in [1.165, 1.54) is 4.90 Å². The molecule has 1 aromatic heterocycles. The lowest BCUT2D eigenvalue weighted by Gasteiger charge is -2.24. The smallest absolute Gasteiger partial charge is 0.248 e. The van der Waals surface area contributed by atoms with Crippen molar-refractivity contribution >= 4 is 29.1 Å². The van der Waals surface area contributed by atoms with Gasteiger partial charge in [-0.3, -0.25) is 19.2 Å². The van der Waals surface area contributed by atoms with Gasteiger partial charge in [0, 0.05) is 50.4 Å². The molecule has 172 valence electrons. The minimum Gasteiger partial charge on any atom is -0.370 e. The summed E-state index contributed by atoms with van der Waals surface area (Å²) in [7, 11) is 3.44. The number of nitrogens with one attached hydrogen (secondary N) is 1. The number of carbonyl (C=O) groups is 2. The number of hydrogen-bond donors (Lipinski definition) is 1. The van der Waals surface area contributed by atoms with Crippen LogP contribution in [0.25, 0.3) is 0 Å². The summed E-state index contributed by atoms with van der Waals surface area (Å²) >= 11 is 6.18. The SMILES string of the molecule is CN(C)C(=O)COC[C@@H]1C[C@H](n2cc(NC(=O)C3CC3)cn2)CN1Cc1cccc(Cl)c1. The number of likely N-dealkylation sites (N-methyl/N-ethyl adjacent to an activating group) is 1. The number of halogens is 1. The van der Waals surface area contributed by atoms with Gasteiger partial charge in [0.05, 0.1) is 24.5 Å². The van der Waals surface area contributed by atoms with E-state index in [-0.39, 0.29) is 36.4 Å². The molecule has 2 aromatic rings. The predicted octanol–water partition coefficient (Wildman–Crippen LogP) is 2.81. The van der Waals surface area contributed by atoms with Crippen LogP contribution in [0.4, 0.5) is 5.69 Å². The van der Waals surface area contributed by atoms with Crippen molar-refractivity contribution in [3.8, 4) is 0 Å². The highest BCUT2D eigenvalue weighted by atomic mass is 35.5. The Kier molecular flexibility index (Phi) is 7.13. The number of anilines is 1. The molecule has 2 fully saturated rings. The molecule has 2 heterocycles. The van der Waals surface area contributed by atoms with Crippen molar-refractivity contribution in [3.63, 3.8) is 0 Å². The van der Waals surface area contributed by atoms with E-state index in [4.69, 9.17) is 16.3 Å². The quantitative estimate of drug-likeness (QED) is 0.623. The Morgan fingerprint density at radius 2 is 2.12 bits per heavy atom. The highest BCUT2D eigenvalue weighted by Gasteiger charge is 2.34. The Bertz CT molecular complexity index is 959. The summed E-state index contributed by atoms with van der Waals surface area (Å²) in [6.45, 7) is 2.06. The molecule has 2 aliphatic rings. The van der Waals surface area contributed by atoms with Gasteiger partial charge in [-0.25, -0.2) is 0 Å². The fourth-order valence-corrected chi connectivity index (χ4v) is 4.20. The van der Waals surface area contributed by atoms with Gasteiger partial charge in [-0.05, 0) is 37.0 Å².